The summed E-state index contributed by atoms with van der Waals surface area (Å²) in [7, 11) is 2.14. The molecule has 1 fully saturated rings. The van der Waals surface area contributed by atoms with E-state index in [0.717, 1.165) is 29.5 Å². The molecule has 1 aromatic heterocycles. The molecule has 1 aliphatic carbocycles. The lowest BCUT2D eigenvalue weighted by atomic mass is 10.1. The lowest BCUT2D eigenvalue weighted by Gasteiger charge is -2.22. The third-order valence-corrected chi connectivity index (χ3v) is 3.80. The van der Waals surface area contributed by atoms with E-state index in [-0.39, 0.29) is 0 Å². The van der Waals surface area contributed by atoms with Gasteiger partial charge in [0.25, 0.3) is 0 Å². The minimum Gasteiger partial charge on any atom is -0.359 e. The second-order valence-electron chi connectivity index (χ2n) is 5.15. The molecule has 0 spiro atoms. The van der Waals surface area contributed by atoms with Crippen LogP contribution in [0.3, 0.4) is 0 Å². The average Bonchev–Trinajstić information content (AvgIpc) is 2.81. The highest BCUT2D eigenvalue weighted by Gasteiger charge is 2.17. The Morgan fingerprint density at radius 3 is 2.65 bits per heavy atom. The molecule has 0 aliphatic heterocycles. The zero-order valence-electron chi connectivity index (χ0n) is 10.9. The van der Waals surface area contributed by atoms with Crippen LogP contribution >= 0.6 is 0 Å². The van der Waals surface area contributed by atoms with Gasteiger partial charge in [-0.25, -0.2) is 4.98 Å². The fraction of sp³-hybridized carbons (Fsp3) is 0.643. The van der Waals surface area contributed by atoms with Crippen molar-refractivity contribution in [1.82, 2.24) is 4.98 Å². The van der Waals surface area contributed by atoms with Crippen LogP contribution in [0.5, 0.6) is 0 Å². The molecule has 1 saturated carbocycles. The number of hydrogen-bond acceptors (Lipinski definition) is 3. The first-order valence-corrected chi connectivity index (χ1v) is 6.58. The van der Waals surface area contributed by atoms with Crippen LogP contribution in [0.1, 0.15) is 36.9 Å². The lowest BCUT2D eigenvalue weighted by Crippen LogP contribution is -2.25. The minimum absolute atomic E-state index is 0.575. The monoisotopic (exact) mass is 233 g/mol. The van der Waals surface area contributed by atoms with Gasteiger partial charge in [-0.1, -0.05) is 18.9 Å². The molecule has 3 heteroatoms. The van der Waals surface area contributed by atoms with Crippen LogP contribution in [0.2, 0.25) is 0 Å². The van der Waals surface area contributed by atoms with Crippen LogP contribution in [-0.2, 0) is 6.54 Å². The molecule has 1 aromatic rings. The molecule has 2 rings (SSSR count). The van der Waals surface area contributed by atoms with Crippen molar-refractivity contribution in [3.05, 3.63) is 23.4 Å². The van der Waals surface area contributed by atoms with Gasteiger partial charge >= 0.3 is 0 Å². The third-order valence-electron chi connectivity index (χ3n) is 3.80. The maximum Gasteiger partial charge on any atom is 0.128 e. The Bertz CT molecular complexity index is 370. The molecule has 2 N–H and O–H groups in total. The second-order valence-corrected chi connectivity index (χ2v) is 5.15. The predicted molar refractivity (Wildman–Crippen MR) is 72.1 cm³/mol. The van der Waals surface area contributed by atoms with Gasteiger partial charge in [-0.2, -0.15) is 0 Å². The summed E-state index contributed by atoms with van der Waals surface area (Å²) >= 11 is 0. The van der Waals surface area contributed by atoms with Crippen molar-refractivity contribution in [3.63, 3.8) is 0 Å². The molecular formula is C14H23N3. The molecule has 0 radical (unpaired) electrons. The van der Waals surface area contributed by atoms with E-state index < -0.39 is 0 Å². The van der Waals surface area contributed by atoms with E-state index >= 15 is 0 Å². The second kappa shape index (κ2) is 5.50. The summed E-state index contributed by atoms with van der Waals surface area (Å²) in [6.45, 7) is 3.75. The van der Waals surface area contributed by atoms with Gasteiger partial charge < -0.3 is 10.6 Å². The SMILES string of the molecule is Cc1nc(N(C)CC2CCCC2)ccc1CN. The van der Waals surface area contributed by atoms with E-state index in [1.165, 1.54) is 25.7 Å². The molecule has 0 aromatic carbocycles. The summed E-state index contributed by atoms with van der Waals surface area (Å²) in [6.07, 6.45) is 5.56. The summed E-state index contributed by atoms with van der Waals surface area (Å²) in [4.78, 5) is 6.91. The Balaban J connectivity index is 2.02. The Kier molecular flexibility index (Phi) is 4.00. The fourth-order valence-electron chi connectivity index (χ4n) is 2.68. The van der Waals surface area contributed by atoms with E-state index in [1.807, 2.05) is 6.92 Å². The van der Waals surface area contributed by atoms with Gasteiger partial charge in [0.05, 0.1) is 0 Å². The van der Waals surface area contributed by atoms with Crippen molar-refractivity contribution in [1.29, 1.82) is 0 Å². The lowest BCUT2D eigenvalue weighted by molar-refractivity contribution is 0.545. The third kappa shape index (κ3) is 2.97. The summed E-state index contributed by atoms with van der Waals surface area (Å²) in [5, 5.41) is 0. The zero-order chi connectivity index (χ0) is 12.3. The Morgan fingerprint density at radius 1 is 1.35 bits per heavy atom. The Labute approximate surface area is 104 Å². The summed E-state index contributed by atoms with van der Waals surface area (Å²) < 4.78 is 0. The maximum absolute atomic E-state index is 5.66. The van der Waals surface area contributed by atoms with Gasteiger partial charge in [0, 0.05) is 25.8 Å². The number of aryl methyl sites for hydroxylation is 1. The molecule has 0 unspecified atom stereocenters. The smallest absolute Gasteiger partial charge is 0.128 e. The standard InChI is InChI=1S/C14H23N3/c1-11-13(9-15)7-8-14(16-11)17(2)10-12-5-3-4-6-12/h7-8,12H,3-6,9-10,15H2,1-2H3. The molecule has 1 aliphatic rings. The van der Waals surface area contributed by atoms with Crippen LogP contribution in [0.25, 0.3) is 0 Å². The van der Waals surface area contributed by atoms with Crippen molar-refractivity contribution in [3.8, 4) is 0 Å². The van der Waals surface area contributed by atoms with Crippen LogP contribution in [0.4, 0.5) is 5.82 Å². The number of anilines is 1. The molecule has 3 nitrogen and oxygen atoms in total. The molecule has 1 heterocycles. The van der Waals surface area contributed by atoms with Crippen LogP contribution in [0.15, 0.2) is 12.1 Å². The summed E-state index contributed by atoms with van der Waals surface area (Å²) in [5.74, 6) is 1.93. The Morgan fingerprint density at radius 2 is 2.06 bits per heavy atom. The quantitative estimate of drug-likeness (QED) is 0.868. The van der Waals surface area contributed by atoms with Crippen molar-refractivity contribution < 1.29 is 0 Å². The van der Waals surface area contributed by atoms with Gasteiger partial charge in [-0.05, 0) is 37.3 Å². The highest BCUT2D eigenvalue weighted by Crippen LogP contribution is 2.26. The van der Waals surface area contributed by atoms with Gasteiger partial charge in [-0.15, -0.1) is 0 Å². The first-order chi connectivity index (χ1) is 8.20. The maximum atomic E-state index is 5.66. The number of pyridine rings is 1. The minimum atomic E-state index is 0.575. The van der Waals surface area contributed by atoms with Gasteiger partial charge in [0.15, 0.2) is 0 Å². The largest absolute Gasteiger partial charge is 0.359 e. The number of nitrogens with two attached hydrogens (primary N) is 1. The van der Waals surface area contributed by atoms with Crippen molar-refractivity contribution in [2.75, 3.05) is 18.5 Å². The van der Waals surface area contributed by atoms with E-state index in [9.17, 15) is 0 Å². The van der Waals surface area contributed by atoms with Crippen molar-refractivity contribution in [2.24, 2.45) is 11.7 Å². The van der Waals surface area contributed by atoms with Crippen LogP contribution < -0.4 is 10.6 Å². The van der Waals surface area contributed by atoms with Crippen molar-refractivity contribution >= 4 is 5.82 Å². The molecule has 94 valence electrons. The number of nitrogens with zero attached hydrogens (tertiary/aromatic N) is 2. The van der Waals surface area contributed by atoms with Crippen LogP contribution in [0, 0.1) is 12.8 Å². The van der Waals surface area contributed by atoms with E-state index in [0.29, 0.717) is 6.54 Å². The Hall–Kier alpha value is -1.09. The van der Waals surface area contributed by atoms with Gasteiger partial charge in [0.1, 0.15) is 5.82 Å². The molecule has 0 amide bonds. The number of aromatic nitrogens is 1. The molecular weight excluding hydrogens is 210 g/mol. The van der Waals surface area contributed by atoms with Gasteiger partial charge in [-0.3, -0.25) is 0 Å². The number of rotatable bonds is 4. The van der Waals surface area contributed by atoms with E-state index in [4.69, 9.17) is 5.73 Å². The van der Waals surface area contributed by atoms with Crippen molar-refractivity contribution in [2.45, 2.75) is 39.2 Å². The zero-order valence-corrected chi connectivity index (χ0v) is 10.9. The first kappa shape index (κ1) is 12.4. The first-order valence-electron chi connectivity index (χ1n) is 6.58. The normalized spacial score (nSPS) is 16.4. The highest BCUT2D eigenvalue weighted by atomic mass is 15.2. The van der Waals surface area contributed by atoms with Gasteiger partial charge in [0.2, 0.25) is 0 Å². The fourth-order valence-corrected chi connectivity index (χ4v) is 2.68. The summed E-state index contributed by atoms with van der Waals surface area (Å²) in [6, 6.07) is 4.19. The highest BCUT2D eigenvalue weighted by molar-refractivity contribution is 5.40. The van der Waals surface area contributed by atoms with E-state index in [2.05, 4.69) is 29.1 Å². The molecule has 17 heavy (non-hydrogen) atoms. The number of hydrogen-bond donors (Lipinski definition) is 1. The van der Waals surface area contributed by atoms with E-state index in [1.54, 1.807) is 0 Å². The molecule has 0 saturated heterocycles. The topological polar surface area (TPSA) is 42.2 Å². The average molecular weight is 233 g/mol. The predicted octanol–water partition coefficient (Wildman–Crippen LogP) is 2.48. The summed E-state index contributed by atoms with van der Waals surface area (Å²) in [5.41, 5.74) is 7.86. The molecule has 0 atom stereocenters. The molecule has 0 bridgehead atoms. The van der Waals surface area contributed by atoms with Crippen LogP contribution in [-0.4, -0.2) is 18.6 Å².